The van der Waals surface area contributed by atoms with E-state index in [4.69, 9.17) is 4.42 Å². The van der Waals surface area contributed by atoms with Crippen LogP contribution >= 0.6 is 0 Å². The molecule has 0 saturated carbocycles. The molecule has 2 aromatic carbocycles. The lowest BCUT2D eigenvalue weighted by Gasteiger charge is -1.95. The van der Waals surface area contributed by atoms with Gasteiger partial charge in [0.05, 0.1) is 4.92 Å². The monoisotopic (exact) mass is 317 g/mol. The Morgan fingerprint density at radius 1 is 1.12 bits per heavy atom. The molecule has 6 heteroatoms. The zero-order valence-electron chi connectivity index (χ0n) is 12.4. The number of nitro groups is 1. The average Bonchev–Trinajstić information content (AvgIpc) is 3.04. The van der Waals surface area contributed by atoms with E-state index in [0.717, 1.165) is 5.56 Å². The van der Waals surface area contributed by atoms with Gasteiger partial charge in [-0.3, -0.25) is 10.1 Å². The summed E-state index contributed by atoms with van der Waals surface area (Å²) in [6.45, 7) is 0. The van der Waals surface area contributed by atoms with E-state index in [9.17, 15) is 15.4 Å². The van der Waals surface area contributed by atoms with Crippen LogP contribution in [-0.2, 0) is 0 Å². The van der Waals surface area contributed by atoms with Crippen LogP contribution in [-0.4, -0.2) is 11.1 Å². The fourth-order valence-corrected chi connectivity index (χ4v) is 2.12. The van der Waals surface area contributed by atoms with Gasteiger partial charge >= 0.3 is 0 Å². The molecule has 0 unspecified atom stereocenters. The predicted octanol–water partition coefficient (Wildman–Crippen LogP) is 4.48. The summed E-state index contributed by atoms with van der Waals surface area (Å²) in [6, 6.07) is 19.0. The SMILES string of the molecule is N#Cc1cc(-c2ccccc2)oc1N=Cc1ccc([N+](=O)[O-])cc1. The topological polar surface area (TPSA) is 92.4 Å². The van der Waals surface area contributed by atoms with Gasteiger partial charge in [0, 0.05) is 30.0 Å². The minimum absolute atomic E-state index is 0.00854. The van der Waals surface area contributed by atoms with E-state index in [1.54, 1.807) is 18.2 Å². The number of furan rings is 1. The summed E-state index contributed by atoms with van der Waals surface area (Å²) >= 11 is 0. The Bertz CT molecular complexity index is 936. The van der Waals surface area contributed by atoms with Crippen LogP contribution in [0, 0.1) is 21.4 Å². The summed E-state index contributed by atoms with van der Waals surface area (Å²) in [6.07, 6.45) is 1.50. The first-order chi connectivity index (χ1) is 11.7. The third-order valence-electron chi connectivity index (χ3n) is 3.33. The smallest absolute Gasteiger partial charge is 0.269 e. The molecule has 0 bridgehead atoms. The van der Waals surface area contributed by atoms with Crippen molar-refractivity contribution in [1.82, 2.24) is 0 Å². The third kappa shape index (κ3) is 3.20. The molecule has 0 radical (unpaired) electrons. The first-order valence-corrected chi connectivity index (χ1v) is 7.05. The van der Waals surface area contributed by atoms with Crippen molar-refractivity contribution in [2.45, 2.75) is 0 Å². The van der Waals surface area contributed by atoms with Gasteiger partial charge in [-0.15, -0.1) is 0 Å². The lowest BCUT2D eigenvalue weighted by atomic mass is 10.1. The van der Waals surface area contributed by atoms with Crippen LogP contribution in [0.2, 0.25) is 0 Å². The summed E-state index contributed by atoms with van der Waals surface area (Å²) in [7, 11) is 0. The van der Waals surface area contributed by atoms with Gasteiger partial charge in [-0.05, 0) is 17.7 Å². The number of hydrogen-bond donors (Lipinski definition) is 0. The number of nitrogens with zero attached hydrogens (tertiary/aromatic N) is 3. The highest BCUT2D eigenvalue weighted by atomic mass is 16.6. The molecular formula is C18H11N3O3. The average molecular weight is 317 g/mol. The van der Waals surface area contributed by atoms with Gasteiger partial charge in [-0.25, -0.2) is 4.99 Å². The Hall–Kier alpha value is -3.72. The largest absolute Gasteiger partial charge is 0.437 e. The van der Waals surface area contributed by atoms with E-state index in [1.807, 2.05) is 36.4 Å². The van der Waals surface area contributed by atoms with Crippen molar-refractivity contribution in [1.29, 1.82) is 5.26 Å². The Kier molecular flexibility index (Phi) is 4.17. The van der Waals surface area contributed by atoms with Crippen molar-refractivity contribution >= 4 is 17.8 Å². The maximum absolute atomic E-state index is 10.6. The van der Waals surface area contributed by atoms with Gasteiger partial charge in [0.15, 0.2) is 0 Å². The first-order valence-electron chi connectivity index (χ1n) is 7.05. The second-order valence-corrected chi connectivity index (χ2v) is 4.91. The number of rotatable bonds is 4. The molecular weight excluding hydrogens is 306 g/mol. The highest BCUT2D eigenvalue weighted by Gasteiger charge is 2.11. The predicted molar refractivity (Wildman–Crippen MR) is 89.2 cm³/mol. The lowest BCUT2D eigenvalue weighted by molar-refractivity contribution is -0.384. The number of aliphatic imine (C=N–C) groups is 1. The standard InChI is InChI=1S/C18H11N3O3/c19-11-15-10-17(14-4-2-1-3-5-14)24-18(15)20-12-13-6-8-16(9-7-13)21(22)23/h1-10,12H. The van der Waals surface area contributed by atoms with E-state index in [0.29, 0.717) is 16.9 Å². The second-order valence-electron chi connectivity index (χ2n) is 4.91. The van der Waals surface area contributed by atoms with E-state index in [2.05, 4.69) is 4.99 Å². The van der Waals surface area contributed by atoms with Crippen LogP contribution in [0.4, 0.5) is 11.6 Å². The maximum Gasteiger partial charge on any atom is 0.269 e. The second kappa shape index (κ2) is 6.58. The minimum Gasteiger partial charge on any atom is -0.437 e. The molecule has 3 aromatic rings. The zero-order chi connectivity index (χ0) is 16.9. The molecule has 0 saturated heterocycles. The summed E-state index contributed by atoms with van der Waals surface area (Å²) in [5, 5.41) is 19.8. The van der Waals surface area contributed by atoms with E-state index in [-0.39, 0.29) is 11.6 Å². The highest BCUT2D eigenvalue weighted by molar-refractivity contribution is 5.82. The highest BCUT2D eigenvalue weighted by Crippen LogP contribution is 2.30. The molecule has 1 aromatic heterocycles. The van der Waals surface area contributed by atoms with Gasteiger partial charge in [0.1, 0.15) is 17.4 Å². The van der Waals surface area contributed by atoms with Crippen LogP contribution in [0.25, 0.3) is 11.3 Å². The number of non-ortho nitro benzene ring substituents is 1. The maximum atomic E-state index is 10.6. The van der Waals surface area contributed by atoms with Gasteiger partial charge in [-0.2, -0.15) is 5.26 Å². The lowest BCUT2D eigenvalue weighted by Crippen LogP contribution is -1.88. The first kappa shape index (κ1) is 15.2. The quantitative estimate of drug-likeness (QED) is 0.403. The number of nitriles is 1. The molecule has 0 fully saturated rings. The van der Waals surface area contributed by atoms with Crippen molar-refractivity contribution in [3.63, 3.8) is 0 Å². The molecule has 24 heavy (non-hydrogen) atoms. The summed E-state index contributed by atoms with van der Waals surface area (Å²) in [4.78, 5) is 14.4. The van der Waals surface area contributed by atoms with Gasteiger partial charge < -0.3 is 4.42 Å². The Labute approximate surface area is 137 Å². The third-order valence-corrected chi connectivity index (χ3v) is 3.33. The van der Waals surface area contributed by atoms with Crippen LogP contribution in [0.5, 0.6) is 0 Å². The summed E-state index contributed by atoms with van der Waals surface area (Å²) in [5.74, 6) is 0.762. The molecule has 0 spiro atoms. The fourth-order valence-electron chi connectivity index (χ4n) is 2.12. The molecule has 116 valence electrons. The zero-order valence-corrected chi connectivity index (χ0v) is 12.4. The van der Waals surface area contributed by atoms with E-state index < -0.39 is 4.92 Å². The number of hydrogen-bond acceptors (Lipinski definition) is 5. The molecule has 1 heterocycles. The summed E-state index contributed by atoms with van der Waals surface area (Å²) in [5.41, 5.74) is 1.86. The Balaban J connectivity index is 1.88. The van der Waals surface area contributed by atoms with Gasteiger partial charge in [-0.1, -0.05) is 30.3 Å². The number of nitro benzene ring substituents is 1. The normalized spacial score (nSPS) is 10.6. The van der Waals surface area contributed by atoms with Gasteiger partial charge in [0.2, 0.25) is 5.88 Å². The minimum atomic E-state index is -0.465. The van der Waals surface area contributed by atoms with Crippen molar-refractivity contribution in [2.24, 2.45) is 4.99 Å². The molecule has 0 aliphatic rings. The van der Waals surface area contributed by atoms with Crippen LogP contribution in [0.15, 0.2) is 70.1 Å². The van der Waals surface area contributed by atoms with Crippen molar-refractivity contribution in [3.8, 4) is 17.4 Å². The molecule has 0 N–H and O–H groups in total. The summed E-state index contributed by atoms with van der Waals surface area (Å²) < 4.78 is 5.65. The van der Waals surface area contributed by atoms with Crippen molar-refractivity contribution in [2.75, 3.05) is 0 Å². The molecule has 0 aliphatic heterocycles. The van der Waals surface area contributed by atoms with E-state index in [1.165, 1.54) is 18.3 Å². The fraction of sp³-hybridized carbons (Fsp3) is 0. The van der Waals surface area contributed by atoms with Crippen LogP contribution < -0.4 is 0 Å². The molecule has 6 nitrogen and oxygen atoms in total. The molecule has 0 amide bonds. The van der Waals surface area contributed by atoms with Gasteiger partial charge in [0.25, 0.3) is 5.69 Å². The number of benzene rings is 2. The molecule has 0 atom stereocenters. The van der Waals surface area contributed by atoms with Crippen LogP contribution in [0.1, 0.15) is 11.1 Å². The molecule has 3 rings (SSSR count). The van der Waals surface area contributed by atoms with Crippen molar-refractivity contribution < 1.29 is 9.34 Å². The molecule has 0 aliphatic carbocycles. The van der Waals surface area contributed by atoms with E-state index >= 15 is 0 Å². The van der Waals surface area contributed by atoms with Crippen LogP contribution in [0.3, 0.4) is 0 Å². The van der Waals surface area contributed by atoms with Crippen molar-refractivity contribution in [3.05, 3.63) is 81.9 Å². The Morgan fingerprint density at radius 3 is 2.46 bits per heavy atom. The Morgan fingerprint density at radius 2 is 1.83 bits per heavy atom.